The topological polar surface area (TPSA) is 69.5 Å². The number of nitrogens with zero attached hydrogens (tertiary/aromatic N) is 4. The smallest absolute Gasteiger partial charge is 0.251 e. The third-order valence-corrected chi connectivity index (χ3v) is 4.22. The van der Waals surface area contributed by atoms with Crippen LogP contribution in [0.1, 0.15) is 24.8 Å². The number of aromatic nitrogens is 1. The molecule has 1 aromatic heterocycles. The first-order valence-corrected chi connectivity index (χ1v) is 7.80. The largest absolute Gasteiger partial charge is 0.368 e. The molecule has 6 heteroatoms. The molecule has 2 aliphatic rings. The molecule has 0 aromatic carbocycles. The molecule has 0 unspecified atom stereocenters. The molecule has 0 bridgehead atoms. The van der Waals surface area contributed by atoms with Crippen LogP contribution in [0.25, 0.3) is 0 Å². The van der Waals surface area contributed by atoms with Crippen LogP contribution >= 0.6 is 0 Å². The van der Waals surface area contributed by atoms with Crippen LogP contribution in [0.3, 0.4) is 0 Å². The van der Waals surface area contributed by atoms with Gasteiger partial charge in [-0.05, 0) is 31.4 Å². The van der Waals surface area contributed by atoms with Gasteiger partial charge in [0.05, 0.1) is 5.56 Å². The van der Waals surface area contributed by atoms with E-state index in [1.54, 1.807) is 18.3 Å². The summed E-state index contributed by atoms with van der Waals surface area (Å²) in [5.41, 5.74) is 0.585. The van der Waals surface area contributed by atoms with Gasteiger partial charge in [-0.25, -0.2) is 4.98 Å². The Hall–Kier alpha value is -2.13. The summed E-state index contributed by atoms with van der Waals surface area (Å²) in [6.45, 7) is 3.59. The SMILES string of the molecule is N#Cc1cccnc1N1CCCN(C(=O)[C@@H]2CCCO2)CC1. The highest BCUT2D eigenvalue weighted by atomic mass is 16.5. The molecule has 6 nitrogen and oxygen atoms in total. The lowest BCUT2D eigenvalue weighted by Crippen LogP contribution is -2.41. The lowest BCUT2D eigenvalue weighted by molar-refractivity contribution is -0.140. The molecule has 2 fully saturated rings. The molecule has 3 rings (SSSR count). The first kappa shape index (κ1) is 14.8. The molecule has 2 saturated heterocycles. The molecule has 2 aliphatic heterocycles. The van der Waals surface area contributed by atoms with Gasteiger partial charge in [-0.15, -0.1) is 0 Å². The fourth-order valence-corrected chi connectivity index (χ4v) is 3.06. The first-order valence-electron chi connectivity index (χ1n) is 7.80. The highest BCUT2D eigenvalue weighted by Crippen LogP contribution is 2.20. The van der Waals surface area contributed by atoms with Crippen molar-refractivity contribution in [2.24, 2.45) is 0 Å². The fourth-order valence-electron chi connectivity index (χ4n) is 3.06. The highest BCUT2D eigenvalue weighted by molar-refractivity contribution is 5.81. The number of nitriles is 1. The average molecular weight is 300 g/mol. The predicted octanol–water partition coefficient (Wildman–Crippen LogP) is 1.17. The number of amides is 1. The normalized spacial score (nSPS) is 22.2. The zero-order chi connectivity index (χ0) is 15.4. The minimum absolute atomic E-state index is 0.112. The minimum atomic E-state index is -0.254. The van der Waals surface area contributed by atoms with Gasteiger partial charge in [-0.3, -0.25) is 4.79 Å². The monoisotopic (exact) mass is 300 g/mol. The van der Waals surface area contributed by atoms with E-state index in [4.69, 9.17) is 4.74 Å². The average Bonchev–Trinajstić information content (AvgIpc) is 2.99. The van der Waals surface area contributed by atoms with Crippen molar-refractivity contribution in [2.45, 2.75) is 25.4 Å². The Labute approximate surface area is 130 Å². The van der Waals surface area contributed by atoms with Crippen LogP contribution in [0.4, 0.5) is 5.82 Å². The summed E-state index contributed by atoms with van der Waals surface area (Å²) in [5.74, 6) is 0.831. The van der Waals surface area contributed by atoms with E-state index in [1.807, 2.05) is 4.90 Å². The number of pyridine rings is 1. The van der Waals surface area contributed by atoms with Crippen LogP contribution < -0.4 is 4.90 Å². The van der Waals surface area contributed by atoms with Crippen LogP contribution in [0.5, 0.6) is 0 Å². The number of carbonyl (C=O) groups is 1. The molecule has 0 saturated carbocycles. The Bertz CT molecular complexity index is 578. The molecule has 22 heavy (non-hydrogen) atoms. The van der Waals surface area contributed by atoms with Gasteiger partial charge in [-0.2, -0.15) is 5.26 Å². The molecular weight excluding hydrogens is 280 g/mol. The third kappa shape index (κ3) is 3.04. The van der Waals surface area contributed by atoms with E-state index in [0.717, 1.165) is 38.2 Å². The maximum absolute atomic E-state index is 12.4. The molecule has 116 valence electrons. The second-order valence-corrected chi connectivity index (χ2v) is 5.65. The van der Waals surface area contributed by atoms with Gasteiger partial charge in [-0.1, -0.05) is 0 Å². The van der Waals surface area contributed by atoms with Gasteiger partial charge >= 0.3 is 0 Å². The molecule has 1 atom stereocenters. The van der Waals surface area contributed by atoms with Crippen molar-refractivity contribution in [1.29, 1.82) is 5.26 Å². The van der Waals surface area contributed by atoms with Gasteiger partial charge < -0.3 is 14.5 Å². The quantitative estimate of drug-likeness (QED) is 0.820. The van der Waals surface area contributed by atoms with E-state index in [9.17, 15) is 10.1 Å². The maximum atomic E-state index is 12.4. The standard InChI is InChI=1S/C16H20N4O2/c17-12-13-4-1-6-18-15(13)19-7-3-8-20(10-9-19)16(21)14-5-2-11-22-14/h1,4,6,14H,2-3,5,7-11H2/t14-/m0/s1. The molecule has 1 aromatic rings. The zero-order valence-corrected chi connectivity index (χ0v) is 12.6. The van der Waals surface area contributed by atoms with Gasteiger partial charge in [0.25, 0.3) is 5.91 Å². The zero-order valence-electron chi connectivity index (χ0n) is 12.6. The lowest BCUT2D eigenvalue weighted by atomic mass is 10.2. The number of anilines is 1. The summed E-state index contributed by atoms with van der Waals surface area (Å²) in [5, 5.41) is 9.21. The maximum Gasteiger partial charge on any atom is 0.251 e. The number of rotatable bonds is 2. The van der Waals surface area contributed by atoms with Gasteiger partial charge in [0, 0.05) is 39.0 Å². The predicted molar refractivity (Wildman–Crippen MR) is 81.3 cm³/mol. The van der Waals surface area contributed by atoms with E-state index in [0.29, 0.717) is 25.3 Å². The van der Waals surface area contributed by atoms with Crippen molar-refractivity contribution in [1.82, 2.24) is 9.88 Å². The Morgan fingerprint density at radius 2 is 2.23 bits per heavy atom. The summed E-state index contributed by atoms with van der Waals surface area (Å²) < 4.78 is 5.50. The summed E-state index contributed by atoms with van der Waals surface area (Å²) >= 11 is 0. The molecule has 0 N–H and O–H groups in total. The van der Waals surface area contributed by atoms with Crippen LogP contribution in [0.2, 0.25) is 0 Å². The van der Waals surface area contributed by atoms with Crippen LogP contribution in [-0.2, 0) is 9.53 Å². The summed E-state index contributed by atoms with van der Waals surface area (Å²) in [7, 11) is 0. The Morgan fingerprint density at radius 3 is 3.00 bits per heavy atom. The second kappa shape index (κ2) is 6.75. The van der Waals surface area contributed by atoms with E-state index in [-0.39, 0.29) is 12.0 Å². The van der Waals surface area contributed by atoms with Crippen molar-refractivity contribution in [3.63, 3.8) is 0 Å². The van der Waals surface area contributed by atoms with Crippen LogP contribution in [0, 0.1) is 11.3 Å². The summed E-state index contributed by atoms with van der Waals surface area (Å²) in [6.07, 6.45) is 4.13. The minimum Gasteiger partial charge on any atom is -0.368 e. The highest BCUT2D eigenvalue weighted by Gasteiger charge is 2.29. The van der Waals surface area contributed by atoms with Crippen molar-refractivity contribution in [3.8, 4) is 6.07 Å². The lowest BCUT2D eigenvalue weighted by Gasteiger charge is -2.24. The molecule has 3 heterocycles. The first-order chi connectivity index (χ1) is 10.8. The van der Waals surface area contributed by atoms with Crippen molar-refractivity contribution in [3.05, 3.63) is 23.9 Å². The van der Waals surface area contributed by atoms with Gasteiger partial charge in [0.1, 0.15) is 18.0 Å². The number of ether oxygens (including phenoxy) is 1. The van der Waals surface area contributed by atoms with Gasteiger partial charge in [0.2, 0.25) is 0 Å². The van der Waals surface area contributed by atoms with Crippen LogP contribution in [-0.4, -0.2) is 54.7 Å². The molecule has 1 amide bonds. The number of carbonyl (C=O) groups excluding carboxylic acids is 1. The van der Waals surface area contributed by atoms with Crippen LogP contribution in [0.15, 0.2) is 18.3 Å². The summed E-state index contributed by atoms with van der Waals surface area (Å²) in [4.78, 5) is 20.8. The van der Waals surface area contributed by atoms with E-state index >= 15 is 0 Å². The Balaban J connectivity index is 1.67. The van der Waals surface area contributed by atoms with Crippen molar-refractivity contribution in [2.75, 3.05) is 37.7 Å². The molecule has 0 spiro atoms. The molecule has 0 radical (unpaired) electrons. The van der Waals surface area contributed by atoms with Gasteiger partial charge in [0.15, 0.2) is 0 Å². The van der Waals surface area contributed by atoms with E-state index in [2.05, 4.69) is 16.0 Å². The van der Waals surface area contributed by atoms with E-state index in [1.165, 1.54) is 0 Å². The Kier molecular flexibility index (Phi) is 4.54. The molecular formula is C16H20N4O2. The molecule has 0 aliphatic carbocycles. The second-order valence-electron chi connectivity index (χ2n) is 5.65. The summed E-state index contributed by atoms with van der Waals surface area (Å²) in [6, 6.07) is 5.74. The van der Waals surface area contributed by atoms with E-state index < -0.39 is 0 Å². The number of hydrogen-bond donors (Lipinski definition) is 0. The fraction of sp³-hybridized carbons (Fsp3) is 0.562. The van der Waals surface area contributed by atoms with Crippen molar-refractivity contribution >= 4 is 11.7 Å². The number of hydrogen-bond acceptors (Lipinski definition) is 5. The Morgan fingerprint density at radius 1 is 1.32 bits per heavy atom. The third-order valence-electron chi connectivity index (χ3n) is 4.22. The van der Waals surface area contributed by atoms with Crippen molar-refractivity contribution < 1.29 is 9.53 Å².